The predicted octanol–water partition coefficient (Wildman–Crippen LogP) is 4.69. The molecular weight excluding hydrogens is 285 g/mol. The van der Waals surface area contributed by atoms with Crippen molar-refractivity contribution in [3.63, 3.8) is 0 Å². The van der Waals surface area contributed by atoms with Crippen LogP contribution in [0.1, 0.15) is 5.56 Å². The third-order valence-electron chi connectivity index (χ3n) is 2.51. The summed E-state index contributed by atoms with van der Waals surface area (Å²) in [4.78, 5) is 0. The third kappa shape index (κ3) is 4.39. The molecule has 2 rings (SSSR count). The quantitative estimate of drug-likeness (QED) is 0.801. The normalized spacial score (nSPS) is 11.2. The van der Waals surface area contributed by atoms with Crippen molar-refractivity contribution in [3.8, 4) is 17.2 Å². The number of para-hydroxylation sites is 2. The van der Waals surface area contributed by atoms with Crippen molar-refractivity contribution in [1.82, 2.24) is 0 Å². The first kappa shape index (κ1) is 15.2. The van der Waals surface area contributed by atoms with Crippen LogP contribution in [0, 0.1) is 7.11 Å². The molecule has 0 aromatic heterocycles. The van der Waals surface area contributed by atoms with Gasteiger partial charge in [-0.05, 0) is 18.2 Å². The summed E-state index contributed by atoms with van der Waals surface area (Å²) in [6.07, 6.45) is -4.81. The first-order chi connectivity index (χ1) is 9.99. The molecule has 0 aliphatic rings. The molecule has 21 heavy (non-hydrogen) atoms. The van der Waals surface area contributed by atoms with Crippen molar-refractivity contribution in [2.75, 3.05) is 0 Å². The topological polar surface area (TPSA) is 27.7 Å². The lowest BCUT2D eigenvalue weighted by molar-refractivity contribution is -0.275. The van der Waals surface area contributed by atoms with Crippen LogP contribution in [0.5, 0.6) is 17.2 Å². The molecule has 111 valence electrons. The van der Waals surface area contributed by atoms with Gasteiger partial charge in [-0.1, -0.05) is 30.3 Å². The van der Waals surface area contributed by atoms with E-state index < -0.39 is 12.1 Å². The Balaban J connectivity index is 2.38. The Morgan fingerprint density at radius 1 is 0.952 bits per heavy atom. The van der Waals surface area contributed by atoms with Gasteiger partial charge in [0.25, 0.3) is 0 Å². The molecule has 0 aliphatic heterocycles. The zero-order valence-electron chi connectivity index (χ0n) is 10.9. The maximum absolute atomic E-state index is 12.5. The summed E-state index contributed by atoms with van der Waals surface area (Å²) in [5.74, 6) is -0.0911. The molecule has 1 radical (unpaired) electrons. The summed E-state index contributed by atoms with van der Waals surface area (Å²) >= 11 is 0. The van der Waals surface area contributed by atoms with Crippen LogP contribution >= 0.6 is 0 Å². The third-order valence-corrected chi connectivity index (χ3v) is 2.51. The minimum Gasteiger partial charge on any atom is -0.453 e. The maximum atomic E-state index is 12.5. The van der Waals surface area contributed by atoms with E-state index >= 15 is 0 Å². The van der Waals surface area contributed by atoms with E-state index in [1.165, 1.54) is 12.1 Å². The highest BCUT2D eigenvalue weighted by Crippen LogP contribution is 2.38. The lowest BCUT2D eigenvalue weighted by Crippen LogP contribution is -2.17. The number of hydrogen-bond acceptors (Lipinski definition) is 3. The summed E-state index contributed by atoms with van der Waals surface area (Å²) in [5.41, 5.74) is 0.399. The smallest absolute Gasteiger partial charge is 0.453 e. The second-order valence-corrected chi connectivity index (χ2v) is 4.06. The number of benzene rings is 2. The fourth-order valence-electron chi connectivity index (χ4n) is 1.71. The SMILES string of the molecule is [CH2]OCc1cccc(OC(F)(F)F)c1Oc1ccccc1. The van der Waals surface area contributed by atoms with Gasteiger partial charge in [-0.25, -0.2) is 0 Å². The van der Waals surface area contributed by atoms with E-state index in [1.807, 2.05) is 0 Å². The molecule has 0 aliphatic carbocycles. The first-order valence-corrected chi connectivity index (χ1v) is 5.97. The first-order valence-electron chi connectivity index (χ1n) is 5.97. The van der Waals surface area contributed by atoms with Crippen LogP contribution < -0.4 is 9.47 Å². The van der Waals surface area contributed by atoms with Gasteiger partial charge in [-0.3, -0.25) is 0 Å². The fraction of sp³-hybridized carbons (Fsp3) is 0.133. The highest BCUT2D eigenvalue weighted by molar-refractivity contribution is 5.48. The summed E-state index contributed by atoms with van der Waals surface area (Å²) in [5, 5.41) is 0. The fourth-order valence-corrected chi connectivity index (χ4v) is 1.71. The van der Waals surface area contributed by atoms with Gasteiger partial charge in [-0.2, -0.15) is 0 Å². The van der Waals surface area contributed by atoms with Crippen LogP contribution in [0.15, 0.2) is 48.5 Å². The van der Waals surface area contributed by atoms with Crippen molar-refractivity contribution in [1.29, 1.82) is 0 Å². The molecule has 0 saturated carbocycles. The van der Waals surface area contributed by atoms with Crippen molar-refractivity contribution in [3.05, 3.63) is 61.2 Å². The molecule has 3 nitrogen and oxygen atoms in total. The van der Waals surface area contributed by atoms with Crippen LogP contribution in [0.25, 0.3) is 0 Å². The Hall–Kier alpha value is -2.21. The molecule has 0 N–H and O–H groups in total. The van der Waals surface area contributed by atoms with E-state index in [-0.39, 0.29) is 12.4 Å². The number of rotatable bonds is 5. The predicted molar refractivity (Wildman–Crippen MR) is 69.8 cm³/mol. The van der Waals surface area contributed by atoms with Gasteiger partial charge in [0, 0.05) is 5.56 Å². The lowest BCUT2D eigenvalue weighted by atomic mass is 10.2. The Morgan fingerprint density at radius 2 is 1.67 bits per heavy atom. The van der Waals surface area contributed by atoms with Crippen LogP contribution in [0.2, 0.25) is 0 Å². The highest BCUT2D eigenvalue weighted by Gasteiger charge is 2.33. The Labute approximate surface area is 119 Å². The summed E-state index contributed by atoms with van der Waals surface area (Å²) < 4.78 is 51.6. The zero-order valence-corrected chi connectivity index (χ0v) is 10.9. The average Bonchev–Trinajstić information content (AvgIpc) is 2.42. The van der Waals surface area contributed by atoms with Crippen LogP contribution in [-0.2, 0) is 11.3 Å². The van der Waals surface area contributed by atoms with Crippen molar-refractivity contribution < 1.29 is 27.4 Å². The largest absolute Gasteiger partial charge is 0.573 e. The Kier molecular flexibility index (Phi) is 4.70. The van der Waals surface area contributed by atoms with Crippen LogP contribution in [0.3, 0.4) is 0 Å². The maximum Gasteiger partial charge on any atom is 0.573 e. The highest BCUT2D eigenvalue weighted by atomic mass is 19.4. The van der Waals surface area contributed by atoms with Gasteiger partial charge in [0.15, 0.2) is 11.5 Å². The van der Waals surface area contributed by atoms with Gasteiger partial charge in [0.2, 0.25) is 0 Å². The summed E-state index contributed by atoms with van der Waals surface area (Å²) in [7, 11) is 3.21. The number of alkyl halides is 3. The second-order valence-electron chi connectivity index (χ2n) is 4.06. The minimum atomic E-state index is -4.81. The van der Waals surface area contributed by atoms with E-state index in [0.717, 1.165) is 0 Å². The molecule has 0 saturated heterocycles. The van der Waals surface area contributed by atoms with E-state index in [1.54, 1.807) is 36.4 Å². The van der Waals surface area contributed by atoms with Crippen LogP contribution in [0.4, 0.5) is 13.2 Å². The number of ether oxygens (including phenoxy) is 3. The van der Waals surface area contributed by atoms with E-state index in [2.05, 4.69) is 11.8 Å². The Bertz CT molecular complexity index is 582. The van der Waals surface area contributed by atoms with Crippen molar-refractivity contribution in [2.24, 2.45) is 0 Å². The molecule has 0 amide bonds. The molecule has 0 atom stereocenters. The minimum absolute atomic E-state index is 0.00275. The number of hydrogen-bond donors (Lipinski definition) is 0. The molecule has 0 bridgehead atoms. The molecule has 2 aromatic carbocycles. The van der Waals surface area contributed by atoms with Gasteiger partial charge in [0.1, 0.15) is 5.75 Å². The lowest BCUT2D eigenvalue weighted by Gasteiger charge is -2.16. The van der Waals surface area contributed by atoms with Crippen molar-refractivity contribution >= 4 is 0 Å². The zero-order chi connectivity index (χ0) is 15.3. The molecule has 0 fully saturated rings. The summed E-state index contributed by atoms with van der Waals surface area (Å²) in [6.45, 7) is -0.00275. The average molecular weight is 297 g/mol. The van der Waals surface area contributed by atoms with Gasteiger partial charge < -0.3 is 14.2 Å². The number of halogens is 3. The van der Waals surface area contributed by atoms with E-state index in [9.17, 15) is 13.2 Å². The monoisotopic (exact) mass is 297 g/mol. The second kappa shape index (κ2) is 6.49. The molecule has 0 spiro atoms. The molecule has 0 unspecified atom stereocenters. The van der Waals surface area contributed by atoms with Crippen molar-refractivity contribution in [2.45, 2.75) is 13.0 Å². The van der Waals surface area contributed by atoms with E-state index in [0.29, 0.717) is 11.3 Å². The van der Waals surface area contributed by atoms with Gasteiger partial charge in [0.05, 0.1) is 13.7 Å². The molecule has 2 aromatic rings. The molecule has 0 heterocycles. The molecule has 6 heteroatoms. The van der Waals surface area contributed by atoms with Gasteiger partial charge >= 0.3 is 6.36 Å². The molecular formula is C15H12F3O3. The Morgan fingerprint density at radius 3 is 2.29 bits per heavy atom. The van der Waals surface area contributed by atoms with E-state index in [4.69, 9.17) is 9.47 Å². The standard InChI is InChI=1S/C15H12F3O3/c1-19-10-11-6-5-9-13(21-15(16,17)18)14(11)20-12-7-3-2-4-8-12/h2-9H,1,10H2. The van der Waals surface area contributed by atoms with Gasteiger partial charge in [-0.15, -0.1) is 13.2 Å². The summed E-state index contributed by atoms with van der Waals surface area (Å²) in [6, 6.07) is 12.6. The van der Waals surface area contributed by atoms with Crippen LogP contribution in [-0.4, -0.2) is 6.36 Å².